The van der Waals surface area contributed by atoms with Crippen molar-refractivity contribution in [3.63, 3.8) is 0 Å². The second-order valence-corrected chi connectivity index (χ2v) is 5.68. The topological polar surface area (TPSA) is 117 Å². The number of benzene rings is 1. The number of nitro benzene ring substituents is 1. The van der Waals surface area contributed by atoms with Gasteiger partial charge in [-0.25, -0.2) is 0 Å². The number of rotatable bonds is 9. The van der Waals surface area contributed by atoms with Crippen molar-refractivity contribution in [3.8, 4) is 6.07 Å². The molecule has 0 aliphatic rings. The average Bonchev–Trinajstić information content (AvgIpc) is 2.55. The predicted molar refractivity (Wildman–Crippen MR) is 94.1 cm³/mol. The summed E-state index contributed by atoms with van der Waals surface area (Å²) in [6, 6.07) is 5.42. The van der Waals surface area contributed by atoms with Crippen LogP contribution < -0.4 is 10.6 Å². The lowest BCUT2D eigenvalue weighted by Gasteiger charge is -2.08. The van der Waals surface area contributed by atoms with Crippen molar-refractivity contribution in [2.24, 2.45) is 0 Å². The Morgan fingerprint density at radius 3 is 2.84 bits per heavy atom. The lowest BCUT2D eigenvalue weighted by atomic mass is 10.2. The number of anilines is 1. The quantitative estimate of drug-likeness (QED) is 0.228. The Morgan fingerprint density at radius 2 is 2.24 bits per heavy atom. The van der Waals surface area contributed by atoms with Gasteiger partial charge in [-0.15, -0.1) is 0 Å². The van der Waals surface area contributed by atoms with Gasteiger partial charge in [0.15, 0.2) is 0 Å². The van der Waals surface area contributed by atoms with Gasteiger partial charge in [0.05, 0.1) is 21.7 Å². The number of nitriles is 1. The molecule has 0 spiro atoms. The van der Waals surface area contributed by atoms with E-state index in [1.807, 2.05) is 13.8 Å². The van der Waals surface area contributed by atoms with Crippen LogP contribution in [0.1, 0.15) is 20.3 Å². The maximum Gasteiger partial charge on any atom is 0.271 e. The highest BCUT2D eigenvalue weighted by atomic mass is 35.5. The number of carbonyl (C=O) groups is 1. The molecule has 134 valence electrons. The number of halogens is 1. The van der Waals surface area contributed by atoms with Crippen LogP contribution >= 0.6 is 11.6 Å². The normalized spacial score (nSPS) is 11.1. The fourth-order valence-electron chi connectivity index (χ4n) is 1.73. The molecule has 0 unspecified atom stereocenters. The summed E-state index contributed by atoms with van der Waals surface area (Å²) in [4.78, 5) is 22.3. The van der Waals surface area contributed by atoms with Gasteiger partial charge in [0.2, 0.25) is 0 Å². The van der Waals surface area contributed by atoms with Gasteiger partial charge in [-0.05, 0) is 26.3 Å². The molecule has 0 saturated heterocycles. The van der Waals surface area contributed by atoms with Crippen molar-refractivity contribution >= 4 is 28.9 Å². The zero-order valence-corrected chi connectivity index (χ0v) is 14.7. The Bertz CT molecular complexity index is 698. The summed E-state index contributed by atoms with van der Waals surface area (Å²) >= 11 is 5.91. The summed E-state index contributed by atoms with van der Waals surface area (Å²) in [6.45, 7) is 4.97. The van der Waals surface area contributed by atoms with Crippen LogP contribution in [0.25, 0.3) is 0 Å². The zero-order chi connectivity index (χ0) is 18.8. The number of hydrogen-bond donors (Lipinski definition) is 2. The number of nitrogens with one attached hydrogen (secondary N) is 2. The number of nitro groups is 1. The van der Waals surface area contributed by atoms with E-state index in [9.17, 15) is 14.9 Å². The lowest BCUT2D eigenvalue weighted by Crippen LogP contribution is -2.18. The van der Waals surface area contributed by atoms with E-state index in [4.69, 9.17) is 21.6 Å². The van der Waals surface area contributed by atoms with Gasteiger partial charge in [-0.3, -0.25) is 14.9 Å². The van der Waals surface area contributed by atoms with E-state index in [1.54, 1.807) is 6.07 Å². The van der Waals surface area contributed by atoms with Crippen LogP contribution in [0.15, 0.2) is 30.0 Å². The first-order chi connectivity index (χ1) is 11.8. The molecular weight excluding hydrogens is 348 g/mol. The number of hydrogen-bond acceptors (Lipinski definition) is 6. The molecule has 0 heterocycles. The highest BCUT2D eigenvalue weighted by Gasteiger charge is 2.14. The van der Waals surface area contributed by atoms with Gasteiger partial charge in [0.1, 0.15) is 11.6 Å². The molecule has 0 fully saturated rings. The van der Waals surface area contributed by atoms with Crippen LogP contribution in [0.4, 0.5) is 11.4 Å². The third-order valence-corrected chi connectivity index (χ3v) is 3.27. The minimum Gasteiger partial charge on any atom is -0.390 e. The molecule has 0 saturated carbocycles. The number of nitrogens with zero attached hydrogens (tertiary/aromatic N) is 2. The van der Waals surface area contributed by atoms with Gasteiger partial charge in [-0.2, -0.15) is 5.26 Å². The SMILES string of the molecule is CC(C)OCCCN/C=C(/C#N)C(=O)Nc1cc([N+](=O)[O-])ccc1Cl. The molecule has 2 N–H and O–H groups in total. The minimum absolute atomic E-state index is 0.0624. The van der Waals surface area contributed by atoms with Crippen molar-refractivity contribution in [3.05, 3.63) is 45.1 Å². The molecular formula is C16H19ClN4O4. The first-order valence-electron chi connectivity index (χ1n) is 7.55. The van der Waals surface area contributed by atoms with E-state index in [1.165, 1.54) is 18.3 Å². The molecule has 0 aliphatic carbocycles. The summed E-state index contributed by atoms with van der Waals surface area (Å²) < 4.78 is 5.37. The number of non-ortho nitro benzene ring substituents is 1. The highest BCUT2D eigenvalue weighted by Crippen LogP contribution is 2.26. The molecule has 0 aliphatic heterocycles. The minimum atomic E-state index is -0.712. The number of amides is 1. The molecule has 1 aromatic carbocycles. The van der Waals surface area contributed by atoms with Gasteiger partial charge >= 0.3 is 0 Å². The highest BCUT2D eigenvalue weighted by molar-refractivity contribution is 6.34. The Balaban J connectivity index is 2.64. The van der Waals surface area contributed by atoms with Crippen molar-refractivity contribution in [2.45, 2.75) is 26.4 Å². The lowest BCUT2D eigenvalue weighted by molar-refractivity contribution is -0.384. The summed E-state index contributed by atoms with van der Waals surface area (Å²) in [6.07, 6.45) is 2.15. The van der Waals surface area contributed by atoms with Crippen molar-refractivity contribution in [1.82, 2.24) is 5.32 Å². The van der Waals surface area contributed by atoms with E-state index < -0.39 is 10.8 Å². The molecule has 1 rings (SSSR count). The Morgan fingerprint density at radius 1 is 1.52 bits per heavy atom. The van der Waals surface area contributed by atoms with E-state index in [0.717, 1.165) is 6.07 Å². The molecule has 0 aromatic heterocycles. The summed E-state index contributed by atoms with van der Waals surface area (Å²) in [5, 5.41) is 25.2. The molecule has 0 atom stereocenters. The van der Waals surface area contributed by atoms with Crippen LogP contribution in [-0.4, -0.2) is 30.1 Å². The fourth-order valence-corrected chi connectivity index (χ4v) is 1.89. The molecule has 25 heavy (non-hydrogen) atoms. The molecule has 0 radical (unpaired) electrons. The molecule has 1 aromatic rings. The smallest absolute Gasteiger partial charge is 0.271 e. The first kappa shape index (κ1) is 20.4. The first-order valence-corrected chi connectivity index (χ1v) is 7.93. The van der Waals surface area contributed by atoms with E-state index >= 15 is 0 Å². The standard InChI is InChI=1S/C16H19ClN4O4/c1-11(2)25-7-3-6-19-10-12(9-18)16(22)20-15-8-13(21(23)24)4-5-14(15)17/h4-5,8,10-11,19H,3,6-7H2,1-2H3,(H,20,22)/b12-10-. The van der Waals surface area contributed by atoms with Gasteiger partial charge in [0.25, 0.3) is 11.6 Å². The van der Waals surface area contributed by atoms with Crippen LogP contribution in [0.3, 0.4) is 0 Å². The summed E-state index contributed by atoms with van der Waals surface area (Å²) in [5.41, 5.74) is -0.329. The average molecular weight is 367 g/mol. The summed E-state index contributed by atoms with van der Waals surface area (Å²) in [7, 11) is 0. The zero-order valence-electron chi connectivity index (χ0n) is 13.9. The second-order valence-electron chi connectivity index (χ2n) is 5.27. The Labute approximate surface area is 150 Å². The van der Waals surface area contributed by atoms with Crippen molar-refractivity contribution in [2.75, 3.05) is 18.5 Å². The molecule has 8 nitrogen and oxygen atoms in total. The maximum atomic E-state index is 12.1. The van der Waals surface area contributed by atoms with Crippen molar-refractivity contribution < 1.29 is 14.5 Å². The molecule has 9 heteroatoms. The van der Waals surface area contributed by atoms with Gasteiger partial charge in [0, 0.05) is 31.5 Å². The third-order valence-electron chi connectivity index (χ3n) is 2.94. The van der Waals surface area contributed by atoms with E-state index in [-0.39, 0.29) is 28.1 Å². The van der Waals surface area contributed by atoms with E-state index in [0.29, 0.717) is 19.6 Å². The van der Waals surface area contributed by atoms with Gasteiger partial charge < -0.3 is 15.4 Å². The number of ether oxygens (including phenoxy) is 1. The fraction of sp³-hybridized carbons (Fsp3) is 0.375. The third kappa shape index (κ3) is 7.20. The number of carbonyl (C=O) groups excluding carboxylic acids is 1. The maximum absolute atomic E-state index is 12.1. The molecule has 0 bridgehead atoms. The van der Waals surface area contributed by atoms with Crippen LogP contribution in [0.5, 0.6) is 0 Å². The Hall–Kier alpha value is -2.63. The largest absolute Gasteiger partial charge is 0.390 e. The molecule has 1 amide bonds. The van der Waals surface area contributed by atoms with Crippen LogP contribution in [0.2, 0.25) is 5.02 Å². The second kappa shape index (κ2) is 10.3. The van der Waals surface area contributed by atoms with E-state index in [2.05, 4.69) is 10.6 Å². The van der Waals surface area contributed by atoms with Gasteiger partial charge in [-0.1, -0.05) is 11.6 Å². The van der Waals surface area contributed by atoms with Crippen LogP contribution in [0, 0.1) is 21.4 Å². The summed E-state index contributed by atoms with van der Waals surface area (Å²) in [5.74, 6) is -0.712. The van der Waals surface area contributed by atoms with Crippen LogP contribution in [-0.2, 0) is 9.53 Å². The van der Waals surface area contributed by atoms with Crippen molar-refractivity contribution in [1.29, 1.82) is 5.26 Å². The predicted octanol–water partition coefficient (Wildman–Crippen LogP) is 3.00. The Kier molecular flexibility index (Phi) is 8.39. The monoisotopic (exact) mass is 366 g/mol.